The number of nitrogens with zero attached hydrogens (tertiary/aromatic N) is 3. The lowest BCUT2D eigenvalue weighted by atomic mass is 9.78. The maximum Gasteiger partial charge on any atom is 0.230 e. The zero-order valence-electron chi connectivity index (χ0n) is 17.7. The molecule has 0 radical (unpaired) electrons. The van der Waals surface area contributed by atoms with Crippen molar-refractivity contribution < 1.29 is 18.4 Å². The summed E-state index contributed by atoms with van der Waals surface area (Å²) in [5, 5.41) is 0. The van der Waals surface area contributed by atoms with Crippen molar-refractivity contribution >= 4 is 11.8 Å². The number of rotatable bonds is 4. The molecule has 0 saturated carbocycles. The van der Waals surface area contributed by atoms with Crippen molar-refractivity contribution in [3.63, 3.8) is 0 Å². The molecule has 4 rings (SSSR count). The first-order valence-corrected chi connectivity index (χ1v) is 11.1. The quantitative estimate of drug-likeness (QED) is 0.754. The Morgan fingerprint density at radius 2 is 1.90 bits per heavy atom. The van der Waals surface area contributed by atoms with Gasteiger partial charge in [-0.05, 0) is 64.2 Å². The van der Waals surface area contributed by atoms with Gasteiger partial charge in [-0.15, -0.1) is 0 Å². The molecule has 0 bridgehead atoms. The summed E-state index contributed by atoms with van der Waals surface area (Å²) in [6, 6.07) is 3.91. The predicted molar refractivity (Wildman–Crippen MR) is 110 cm³/mol. The summed E-state index contributed by atoms with van der Waals surface area (Å²) in [6.07, 6.45) is 4.41. The third-order valence-corrected chi connectivity index (χ3v) is 7.22. The van der Waals surface area contributed by atoms with Gasteiger partial charge in [-0.25, -0.2) is 8.78 Å². The number of likely N-dealkylation sites (tertiary alicyclic amines) is 3. The zero-order valence-corrected chi connectivity index (χ0v) is 17.7. The van der Waals surface area contributed by atoms with Crippen LogP contribution in [0.5, 0.6) is 0 Å². The van der Waals surface area contributed by atoms with Crippen molar-refractivity contribution in [1.29, 1.82) is 0 Å². The van der Waals surface area contributed by atoms with Crippen LogP contribution < -0.4 is 0 Å². The first kappa shape index (κ1) is 21.2. The van der Waals surface area contributed by atoms with Crippen LogP contribution in [0.4, 0.5) is 8.78 Å². The van der Waals surface area contributed by atoms with Gasteiger partial charge < -0.3 is 14.7 Å². The van der Waals surface area contributed by atoms with Gasteiger partial charge in [0, 0.05) is 31.7 Å². The average molecular weight is 420 g/mol. The van der Waals surface area contributed by atoms with Crippen LogP contribution in [-0.2, 0) is 16.0 Å². The topological polar surface area (TPSA) is 43.9 Å². The molecule has 0 aliphatic carbocycles. The number of halogens is 2. The summed E-state index contributed by atoms with van der Waals surface area (Å²) in [7, 11) is 2.13. The van der Waals surface area contributed by atoms with Gasteiger partial charge in [0.15, 0.2) is 11.6 Å². The Morgan fingerprint density at radius 3 is 2.67 bits per heavy atom. The summed E-state index contributed by atoms with van der Waals surface area (Å²) < 4.78 is 27.4. The summed E-state index contributed by atoms with van der Waals surface area (Å²) in [5.41, 5.74) is -0.430. The van der Waals surface area contributed by atoms with Gasteiger partial charge in [-0.1, -0.05) is 12.1 Å². The molecule has 1 atom stereocenters. The van der Waals surface area contributed by atoms with Crippen LogP contribution in [0.2, 0.25) is 0 Å². The van der Waals surface area contributed by atoms with E-state index in [0.717, 1.165) is 64.3 Å². The number of carbonyl (C=O) groups excluding carboxylic acids is 2. The normalized spacial score (nSPS) is 26.0. The highest BCUT2D eigenvalue weighted by molar-refractivity contribution is 5.87. The highest BCUT2D eigenvalue weighted by Gasteiger charge is 2.49. The van der Waals surface area contributed by atoms with Gasteiger partial charge in [0.2, 0.25) is 11.8 Å². The summed E-state index contributed by atoms with van der Waals surface area (Å²) in [4.78, 5) is 32.2. The molecule has 3 saturated heterocycles. The molecule has 0 unspecified atom stereocenters. The van der Waals surface area contributed by atoms with Crippen molar-refractivity contribution in [3.05, 3.63) is 35.4 Å². The van der Waals surface area contributed by atoms with Crippen LogP contribution in [0.25, 0.3) is 0 Å². The van der Waals surface area contributed by atoms with E-state index in [2.05, 4.69) is 11.9 Å². The zero-order chi connectivity index (χ0) is 21.3. The highest BCUT2D eigenvalue weighted by Crippen LogP contribution is 2.41. The lowest BCUT2D eigenvalue weighted by molar-refractivity contribution is -0.143. The molecule has 1 spiro atoms. The molecule has 5 nitrogen and oxygen atoms in total. The van der Waals surface area contributed by atoms with Crippen LogP contribution in [0.3, 0.4) is 0 Å². The fourth-order valence-corrected chi connectivity index (χ4v) is 5.31. The fourth-order valence-electron chi connectivity index (χ4n) is 5.31. The van der Waals surface area contributed by atoms with Gasteiger partial charge >= 0.3 is 0 Å². The minimum absolute atomic E-state index is 0.0706. The molecule has 3 aliphatic heterocycles. The molecule has 3 fully saturated rings. The Balaban J connectivity index is 1.38. The Bertz CT molecular complexity index is 810. The number of benzene rings is 1. The van der Waals surface area contributed by atoms with E-state index in [1.54, 1.807) is 4.90 Å². The third-order valence-electron chi connectivity index (χ3n) is 7.22. The number of hydrogen-bond donors (Lipinski definition) is 0. The molecule has 7 heteroatoms. The van der Waals surface area contributed by atoms with Gasteiger partial charge in [0.05, 0.1) is 11.8 Å². The Morgan fingerprint density at radius 1 is 1.13 bits per heavy atom. The Labute approximate surface area is 177 Å². The monoisotopic (exact) mass is 419 g/mol. The molecule has 2 amide bonds. The van der Waals surface area contributed by atoms with Gasteiger partial charge in [0.1, 0.15) is 0 Å². The molecule has 1 aromatic rings. The highest BCUT2D eigenvalue weighted by atomic mass is 19.2. The van der Waals surface area contributed by atoms with Gasteiger partial charge in [0.25, 0.3) is 0 Å². The van der Waals surface area contributed by atoms with Crippen molar-refractivity contribution in [2.24, 2.45) is 11.3 Å². The predicted octanol–water partition coefficient (Wildman–Crippen LogP) is 2.69. The van der Waals surface area contributed by atoms with Crippen LogP contribution in [0.15, 0.2) is 18.2 Å². The van der Waals surface area contributed by atoms with Gasteiger partial charge in [-0.3, -0.25) is 9.59 Å². The van der Waals surface area contributed by atoms with E-state index in [-0.39, 0.29) is 23.8 Å². The van der Waals surface area contributed by atoms with Crippen molar-refractivity contribution in [1.82, 2.24) is 14.7 Å². The largest absolute Gasteiger partial charge is 0.342 e. The standard InChI is InChI=1S/C23H31F2N3O2/c1-26-11-6-17(7-12-26)15-27-13-9-23(22(27)30)8-3-10-28(16-23)20(29)14-18-4-2-5-19(24)21(18)25/h2,4-5,17H,3,6-16H2,1H3/t23-/m0/s1. The summed E-state index contributed by atoms with van der Waals surface area (Å²) in [5.74, 6) is -1.40. The van der Waals surface area contributed by atoms with E-state index >= 15 is 0 Å². The van der Waals surface area contributed by atoms with Crippen molar-refractivity contribution in [3.8, 4) is 0 Å². The van der Waals surface area contributed by atoms with Gasteiger partial charge in [-0.2, -0.15) is 0 Å². The fraction of sp³-hybridized carbons (Fsp3) is 0.652. The van der Waals surface area contributed by atoms with E-state index in [4.69, 9.17) is 0 Å². The van der Waals surface area contributed by atoms with E-state index in [9.17, 15) is 18.4 Å². The van der Waals surface area contributed by atoms with E-state index in [0.29, 0.717) is 19.0 Å². The van der Waals surface area contributed by atoms with E-state index in [1.807, 2.05) is 4.90 Å². The van der Waals surface area contributed by atoms with Crippen LogP contribution in [-0.4, -0.2) is 72.8 Å². The maximum atomic E-state index is 14.0. The molecular formula is C23H31F2N3O2. The summed E-state index contributed by atoms with van der Waals surface area (Å²) in [6.45, 7) is 4.70. The first-order chi connectivity index (χ1) is 14.4. The molecule has 0 aromatic heterocycles. The first-order valence-electron chi connectivity index (χ1n) is 11.1. The molecule has 3 heterocycles. The van der Waals surface area contributed by atoms with E-state index in [1.165, 1.54) is 12.1 Å². The molecule has 30 heavy (non-hydrogen) atoms. The van der Waals surface area contributed by atoms with Crippen LogP contribution in [0.1, 0.15) is 37.7 Å². The van der Waals surface area contributed by atoms with Crippen molar-refractivity contribution in [2.75, 3.05) is 46.3 Å². The minimum atomic E-state index is -0.959. The Kier molecular flexibility index (Phi) is 6.09. The molecular weight excluding hydrogens is 388 g/mol. The third kappa shape index (κ3) is 4.22. The molecule has 0 N–H and O–H groups in total. The summed E-state index contributed by atoms with van der Waals surface area (Å²) >= 11 is 0. The van der Waals surface area contributed by atoms with Crippen molar-refractivity contribution in [2.45, 2.75) is 38.5 Å². The molecule has 164 valence electrons. The second-order valence-corrected chi connectivity index (χ2v) is 9.34. The lowest BCUT2D eigenvalue weighted by Crippen LogP contribution is -2.50. The molecule has 3 aliphatic rings. The van der Waals surface area contributed by atoms with Crippen LogP contribution in [0, 0.1) is 23.0 Å². The maximum absolute atomic E-state index is 14.0. The number of hydrogen-bond acceptors (Lipinski definition) is 3. The number of carbonyl (C=O) groups is 2. The van der Waals surface area contributed by atoms with E-state index < -0.39 is 17.0 Å². The number of piperidine rings is 2. The minimum Gasteiger partial charge on any atom is -0.342 e. The SMILES string of the molecule is CN1CCC(CN2CC[C@]3(CCCN(C(=O)Cc4cccc(F)c4F)C3)C2=O)CC1. The Hall–Kier alpha value is -2.02. The molecule has 1 aromatic carbocycles. The average Bonchev–Trinajstić information content (AvgIpc) is 3.02. The smallest absolute Gasteiger partial charge is 0.230 e. The van der Waals surface area contributed by atoms with Crippen LogP contribution >= 0.6 is 0 Å². The second-order valence-electron chi connectivity index (χ2n) is 9.34. The second kappa shape index (κ2) is 8.61. The lowest BCUT2D eigenvalue weighted by Gasteiger charge is -2.39. The number of amides is 2.